The highest BCUT2D eigenvalue weighted by atomic mass is 15.3. The van der Waals surface area contributed by atoms with Crippen LogP contribution in [0, 0.1) is 11.3 Å². The number of nitriles is 1. The van der Waals surface area contributed by atoms with Gasteiger partial charge in [-0.2, -0.15) is 5.26 Å². The van der Waals surface area contributed by atoms with Crippen molar-refractivity contribution in [3.8, 4) is 17.2 Å². The molecule has 0 amide bonds. The molecule has 1 unspecified atom stereocenters. The van der Waals surface area contributed by atoms with Crippen molar-refractivity contribution in [2.24, 2.45) is 0 Å². The van der Waals surface area contributed by atoms with Gasteiger partial charge < -0.3 is 9.80 Å². The molecule has 1 saturated carbocycles. The van der Waals surface area contributed by atoms with E-state index in [1.165, 1.54) is 18.5 Å². The predicted molar refractivity (Wildman–Crippen MR) is 134 cm³/mol. The molecule has 3 heterocycles. The van der Waals surface area contributed by atoms with E-state index in [0.29, 0.717) is 17.5 Å². The van der Waals surface area contributed by atoms with Gasteiger partial charge in [0.15, 0.2) is 0 Å². The van der Waals surface area contributed by atoms with Gasteiger partial charge >= 0.3 is 0 Å². The van der Waals surface area contributed by atoms with E-state index in [9.17, 15) is 5.26 Å². The van der Waals surface area contributed by atoms with Gasteiger partial charge in [0.2, 0.25) is 0 Å². The molecule has 5 nitrogen and oxygen atoms in total. The van der Waals surface area contributed by atoms with Crippen molar-refractivity contribution in [3.63, 3.8) is 0 Å². The average molecular weight is 438 g/mol. The first-order valence-corrected chi connectivity index (χ1v) is 12.1. The lowest BCUT2D eigenvalue weighted by Gasteiger charge is -2.43. The Morgan fingerprint density at radius 3 is 2.79 bits per heavy atom. The van der Waals surface area contributed by atoms with Crippen molar-refractivity contribution in [1.82, 2.24) is 14.9 Å². The standard InChI is InChI=1S/C28H31N5/c1-4-6-19(2)33-14-13-32(18-20(33)3)28-23(16-29)15-26(27(31-28)21-9-10-21)25-8-5-7-22-17-30-12-11-24(22)25/h5,7-8,11-12,15,17,20-21H,2,4,6,9-10,13-14,18H2,1,3H3. The zero-order valence-corrected chi connectivity index (χ0v) is 19.6. The summed E-state index contributed by atoms with van der Waals surface area (Å²) >= 11 is 0. The van der Waals surface area contributed by atoms with Crippen LogP contribution in [0.3, 0.4) is 0 Å². The number of hydrogen-bond donors (Lipinski definition) is 0. The van der Waals surface area contributed by atoms with Crippen molar-refractivity contribution >= 4 is 16.6 Å². The second kappa shape index (κ2) is 8.86. The van der Waals surface area contributed by atoms with Crippen LogP contribution in [0.25, 0.3) is 21.9 Å². The Morgan fingerprint density at radius 1 is 1.21 bits per heavy atom. The Balaban J connectivity index is 1.54. The zero-order valence-electron chi connectivity index (χ0n) is 19.6. The summed E-state index contributed by atoms with van der Waals surface area (Å²) in [6, 6.07) is 13.3. The first-order chi connectivity index (χ1) is 16.1. The monoisotopic (exact) mass is 437 g/mol. The van der Waals surface area contributed by atoms with Gasteiger partial charge in [-0.1, -0.05) is 38.1 Å². The number of benzene rings is 1. The molecule has 5 heteroatoms. The smallest absolute Gasteiger partial charge is 0.147 e. The highest BCUT2D eigenvalue weighted by Gasteiger charge is 2.32. The molecule has 0 spiro atoms. The van der Waals surface area contributed by atoms with Gasteiger partial charge in [-0.15, -0.1) is 0 Å². The normalized spacial score (nSPS) is 18.4. The molecule has 1 saturated heterocycles. The summed E-state index contributed by atoms with van der Waals surface area (Å²) in [5.41, 5.74) is 5.25. The minimum Gasteiger partial charge on any atom is -0.369 e. The van der Waals surface area contributed by atoms with Gasteiger partial charge in [0.25, 0.3) is 0 Å². The Hall–Kier alpha value is -3.39. The number of hydrogen-bond acceptors (Lipinski definition) is 5. The van der Waals surface area contributed by atoms with Crippen LogP contribution in [0.4, 0.5) is 5.82 Å². The fraction of sp³-hybridized carbons (Fsp3) is 0.393. The maximum absolute atomic E-state index is 10.1. The second-order valence-electron chi connectivity index (χ2n) is 9.39. The van der Waals surface area contributed by atoms with E-state index in [2.05, 4.69) is 71.6 Å². The average Bonchev–Trinajstić information content (AvgIpc) is 3.68. The summed E-state index contributed by atoms with van der Waals surface area (Å²) in [5.74, 6) is 1.32. The number of aromatic nitrogens is 2. The first kappa shape index (κ1) is 21.5. The van der Waals surface area contributed by atoms with Gasteiger partial charge in [0.1, 0.15) is 11.9 Å². The third kappa shape index (κ3) is 4.06. The maximum atomic E-state index is 10.1. The SMILES string of the molecule is C=C(CCC)N1CCN(c2nc(C3CC3)c(-c3cccc4cnccc34)cc2C#N)CC1C. The van der Waals surface area contributed by atoms with Crippen molar-refractivity contribution in [3.05, 3.63) is 66.3 Å². The molecule has 3 aromatic rings. The van der Waals surface area contributed by atoms with Gasteiger partial charge in [-0.05, 0) is 49.3 Å². The number of fused-ring (bicyclic) bond motifs is 1. The quantitative estimate of drug-likeness (QED) is 0.483. The van der Waals surface area contributed by atoms with Crippen molar-refractivity contribution < 1.29 is 0 Å². The molecule has 0 bridgehead atoms. The summed E-state index contributed by atoms with van der Waals surface area (Å²) in [6.45, 7) is 11.4. The molecule has 1 aliphatic carbocycles. The highest BCUT2D eigenvalue weighted by Crippen LogP contribution is 2.46. The molecular weight excluding hydrogens is 406 g/mol. The number of pyridine rings is 2. The van der Waals surface area contributed by atoms with Crippen LogP contribution < -0.4 is 4.90 Å². The third-order valence-corrected chi connectivity index (χ3v) is 6.96. The molecule has 1 aromatic carbocycles. The minimum absolute atomic E-state index is 0.348. The van der Waals surface area contributed by atoms with Crippen LogP contribution in [0.15, 0.2) is 55.0 Å². The van der Waals surface area contributed by atoms with E-state index < -0.39 is 0 Å². The predicted octanol–water partition coefficient (Wildman–Crippen LogP) is 5.87. The Morgan fingerprint density at radius 2 is 2.06 bits per heavy atom. The van der Waals surface area contributed by atoms with Crippen LogP contribution >= 0.6 is 0 Å². The molecule has 2 aromatic heterocycles. The summed E-state index contributed by atoms with van der Waals surface area (Å²) in [6.07, 6.45) is 8.21. The highest BCUT2D eigenvalue weighted by molar-refractivity contribution is 5.97. The van der Waals surface area contributed by atoms with Crippen molar-refractivity contribution in [2.75, 3.05) is 24.5 Å². The lowest BCUT2D eigenvalue weighted by atomic mass is 9.95. The molecule has 1 aliphatic heterocycles. The molecule has 5 rings (SSSR count). The van der Waals surface area contributed by atoms with Gasteiger partial charge in [-0.3, -0.25) is 4.98 Å². The number of allylic oxidation sites excluding steroid dienone is 1. The Kier molecular flexibility index (Phi) is 5.76. The van der Waals surface area contributed by atoms with E-state index in [1.807, 2.05) is 12.4 Å². The number of rotatable bonds is 6. The summed E-state index contributed by atoms with van der Waals surface area (Å²) in [4.78, 5) is 14.2. The molecular formula is C28H31N5. The molecule has 0 radical (unpaired) electrons. The molecule has 2 fully saturated rings. The molecule has 168 valence electrons. The fourth-order valence-electron chi connectivity index (χ4n) is 5.13. The topological polar surface area (TPSA) is 56.1 Å². The van der Waals surface area contributed by atoms with Crippen LogP contribution in [0.5, 0.6) is 0 Å². The second-order valence-corrected chi connectivity index (χ2v) is 9.39. The third-order valence-electron chi connectivity index (χ3n) is 6.96. The van der Waals surface area contributed by atoms with Gasteiger partial charge in [-0.25, -0.2) is 4.98 Å². The van der Waals surface area contributed by atoms with Crippen LogP contribution in [-0.2, 0) is 0 Å². The van der Waals surface area contributed by atoms with Crippen LogP contribution in [-0.4, -0.2) is 40.5 Å². The number of nitrogens with zero attached hydrogens (tertiary/aromatic N) is 5. The fourth-order valence-corrected chi connectivity index (χ4v) is 5.13. The molecule has 0 N–H and O–H groups in total. The largest absolute Gasteiger partial charge is 0.369 e. The maximum Gasteiger partial charge on any atom is 0.147 e. The lowest BCUT2D eigenvalue weighted by molar-refractivity contribution is 0.235. The van der Waals surface area contributed by atoms with Crippen LogP contribution in [0.2, 0.25) is 0 Å². The summed E-state index contributed by atoms with van der Waals surface area (Å²) < 4.78 is 0. The van der Waals surface area contributed by atoms with E-state index in [0.717, 1.165) is 65.9 Å². The molecule has 2 aliphatic rings. The summed E-state index contributed by atoms with van der Waals surface area (Å²) in [5, 5.41) is 12.4. The number of anilines is 1. The van der Waals surface area contributed by atoms with E-state index in [-0.39, 0.29) is 0 Å². The van der Waals surface area contributed by atoms with E-state index in [1.54, 1.807) is 0 Å². The Labute approximate surface area is 196 Å². The number of piperazine rings is 1. The van der Waals surface area contributed by atoms with Crippen molar-refractivity contribution in [2.45, 2.75) is 51.5 Å². The van der Waals surface area contributed by atoms with E-state index in [4.69, 9.17) is 4.98 Å². The molecule has 1 atom stereocenters. The first-order valence-electron chi connectivity index (χ1n) is 12.1. The van der Waals surface area contributed by atoms with Gasteiger partial charge in [0.05, 0.1) is 11.3 Å². The Bertz CT molecular complexity index is 1230. The zero-order chi connectivity index (χ0) is 22.9. The van der Waals surface area contributed by atoms with Crippen LogP contribution in [0.1, 0.15) is 56.7 Å². The van der Waals surface area contributed by atoms with Crippen molar-refractivity contribution in [1.29, 1.82) is 5.26 Å². The lowest BCUT2D eigenvalue weighted by Crippen LogP contribution is -2.51. The minimum atomic E-state index is 0.348. The van der Waals surface area contributed by atoms with Gasteiger partial charge in [0, 0.05) is 60.6 Å². The van der Waals surface area contributed by atoms with E-state index >= 15 is 0 Å². The molecule has 33 heavy (non-hydrogen) atoms. The summed E-state index contributed by atoms with van der Waals surface area (Å²) in [7, 11) is 0.